The summed E-state index contributed by atoms with van der Waals surface area (Å²) < 4.78 is 55.5. The molecule has 0 aliphatic rings. The summed E-state index contributed by atoms with van der Waals surface area (Å²) >= 11 is 0. The minimum Gasteiger partial charge on any atom is -0.411 e. The molecule has 1 N–H and O–H groups in total. The normalized spacial score (nSPS) is 14.0. The summed E-state index contributed by atoms with van der Waals surface area (Å²) in [6, 6.07) is 5.51. The fourth-order valence-corrected chi connectivity index (χ4v) is 3.68. The molecule has 1 heterocycles. The van der Waals surface area contributed by atoms with Crippen LogP contribution in [0.15, 0.2) is 38.8 Å². The van der Waals surface area contributed by atoms with Crippen molar-refractivity contribution in [3.05, 3.63) is 35.7 Å². The summed E-state index contributed by atoms with van der Waals surface area (Å²) in [6.45, 7) is 5.37. The molecule has 0 spiro atoms. The molecular weight excluding hydrogens is 354 g/mol. The number of hydrogen-bond acceptors (Lipinski definition) is 7. The van der Waals surface area contributed by atoms with Gasteiger partial charge in [0.25, 0.3) is 0 Å². The zero-order valence-corrected chi connectivity index (χ0v) is 15.3. The maximum atomic E-state index is 12.5. The molecule has 8 nitrogen and oxygen atoms in total. The second kappa shape index (κ2) is 6.61. The third-order valence-corrected chi connectivity index (χ3v) is 5.54. The van der Waals surface area contributed by atoms with Crippen molar-refractivity contribution in [2.75, 3.05) is 6.26 Å². The first-order valence-electron chi connectivity index (χ1n) is 7.13. The highest BCUT2D eigenvalue weighted by atomic mass is 32.2. The summed E-state index contributed by atoms with van der Waals surface area (Å²) in [5, 5.41) is 6.60. The van der Waals surface area contributed by atoms with Crippen LogP contribution in [0.2, 0.25) is 0 Å². The average molecular weight is 373 g/mol. The molecule has 132 valence electrons. The van der Waals surface area contributed by atoms with E-state index in [1.807, 2.05) is 6.92 Å². The molecule has 0 aliphatic heterocycles. The van der Waals surface area contributed by atoms with Crippen molar-refractivity contribution in [1.29, 1.82) is 0 Å². The molecule has 1 atom stereocenters. The van der Waals surface area contributed by atoms with Crippen molar-refractivity contribution in [3.8, 4) is 0 Å². The van der Waals surface area contributed by atoms with E-state index < -0.39 is 31.1 Å². The first-order chi connectivity index (χ1) is 11.0. The molecule has 0 saturated carbocycles. The van der Waals surface area contributed by atoms with Crippen molar-refractivity contribution in [2.45, 2.75) is 36.9 Å². The Balaban J connectivity index is 2.35. The van der Waals surface area contributed by atoms with Gasteiger partial charge in [-0.1, -0.05) is 36.6 Å². The van der Waals surface area contributed by atoms with Crippen molar-refractivity contribution in [3.63, 3.8) is 0 Å². The fourth-order valence-electron chi connectivity index (χ4n) is 1.92. The standard InChI is InChI=1S/C14H19N3O5S2/c1-9(2)12(13-15-16-14(22-13)23(4,18)19)17-24(20,21)11-7-5-10(3)6-8-11/h5-9,12,17H,1-4H3/t12-/m0/s1. The molecule has 10 heteroatoms. The van der Waals surface area contributed by atoms with Crippen molar-refractivity contribution < 1.29 is 21.3 Å². The molecule has 0 bridgehead atoms. The fraction of sp³-hybridized carbons (Fsp3) is 0.429. The van der Waals surface area contributed by atoms with Gasteiger partial charge in [0.05, 0.1) is 4.90 Å². The van der Waals surface area contributed by atoms with E-state index in [0.29, 0.717) is 0 Å². The average Bonchev–Trinajstić information content (AvgIpc) is 2.94. The SMILES string of the molecule is Cc1ccc(S(=O)(=O)N[C@H](c2nnc(S(C)(=O)=O)o2)C(C)C)cc1. The molecule has 0 unspecified atom stereocenters. The summed E-state index contributed by atoms with van der Waals surface area (Å²) in [6.07, 6.45) is 0.936. The van der Waals surface area contributed by atoms with Crippen LogP contribution in [0.4, 0.5) is 0 Å². The Morgan fingerprint density at radius 1 is 1.04 bits per heavy atom. The first kappa shape index (κ1) is 18.6. The van der Waals surface area contributed by atoms with Gasteiger partial charge in [0.2, 0.25) is 25.8 Å². The number of benzene rings is 1. The van der Waals surface area contributed by atoms with E-state index in [0.717, 1.165) is 11.8 Å². The van der Waals surface area contributed by atoms with Gasteiger partial charge in [0.15, 0.2) is 0 Å². The number of nitrogens with one attached hydrogen (secondary N) is 1. The first-order valence-corrected chi connectivity index (χ1v) is 10.5. The van der Waals surface area contributed by atoms with E-state index in [1.54, 1.807) is 26.0 Å². The number of aryl methyl sites for hydroxylation is 1. The van der Waals surface area contributed by atoms with Crippen LogP contribution in [0.25, 0.3) is 0 Å². The molecule has 0 amide bonds. The summed E-state index contributed by atoms with van der Waals surface area (Å²) in [7, 11) is -7.48. The number of rotatable bonds is 6. The monoisotopic (exact) mass is 373 g/mol. The highest BCUT2D eigenvalue weighted by Gasteiger charge is 2.29. The molecule has 0 radical (unpaired) electrons. The van der Waals surface area contributed by atoms with E-state index >= 15 is 0 Å². The Kier molecular flexibility index (Phi) is 5.11. The Labute approximate surface area is 141 Å². The Morgan fingerprint density at radius 2 is 1.62 bits per heavy atom. The van der Waals surface area contributed by atoms with Crippen molar-refractivity contribution >= 4 is 19.9 Å². The highest BCUT2D eigenvalue weighted by Crippen LogP contribution is 2.24. The van der Waals surface area contributed by atoms with Gasteiger partial charge in [-0.15, -0.1) is 5.10 Å². The summed E-state index contributed by atoms with van der Waals surface area (Å²) in [5.41, 5.74) is 0.934. The van der Waals surface area contributed by atoms with Crippen LogP contribution in [-0.2, 0) is 19.9 Å². The highest BCUT2D eigenvalue weighted by molar-refractivity contribution is 7.90. The number of hydrogen-bond donors (Lipinski definition) is 1. The van der Waals surface area contributed by atoms with E-state index in [4.69, 9.17) is 4.42 Å². The molecule has 0 fully saturated rings. The van der Waals surface area contributed by atoms with Crippen LogP contribution in [0.1, 0.15) is 31.3 Å². The molecule has 1 aromatic heterocycles. The molecular formula is C14H19N3O5S2. The predicted octanol–water partition coefficient (Wildman–Crippen LogP) is 1.46. The second-order valence-electron chi connectivity index (χ2n) is 5.83. The van der Waals surface area contributed by atoms with E-state index in [9.17, 15) is 16.8 Å². The van der Waals surface area contributed by atoms with Crippen LogP contribution >= 0.6 is 0 Å². The van der Waals surface area contributed by atoms with Gasteiger partial charge in [0, 0.05) is 6.26 Å². The van der Waals surface area contributed by atoms with E-state index in [-0.39, 0.29) is 16.7 Å². The van der Waals surface area contributed by atoms with Crippen LogP contribution in [-0.4, -0.2) is 33.3 Å². The minimum absolute atomic E-state index is 0.0962. The second-order valence-corrected chi connectivity index (χ2v) is 9.44. The molecule has 2 rings (SSSR count). The lowest BCUT2D eigenvalue weighted by Gasteiger charge is -2.18. The van der Waals surface area contributed by atoms with Gasteiger partial charge in [-0.25, -0.2) is 16.8 Å². The number of sulfonamides is 1. The molecule has 24 heavy (non-hydrogen) atoms. The number of aromatic nitrogens is 2. The minimum atomic E-state index is -3.82. The Bertz CT molecular complexity index is 916. The van der Waals surface area contributed by atoms with Gasteiger partial charge in [0.1, 0.15) is 6.04 Å². The third-order valence-electron chi connectivity index (χ3n) is 3.29. The van der Waals surface area contributed by atoms with Gasteiger partial charge in [-0.05, 0) is 25.0 Å². The zero-order chi connectivity index (χ0) is 18.1. The van der Waals surface area contributed by atoms with Crippen LogP contribution in [0.5, 0.6) is 0 Å². The maximum Gasteiger partial charge on any atom is 0.335 e. The Hall–Kier alpha value is -1.78. The largest absolute Gasteiger partial charge is 0.411 e. The Morgan fingerprint density at radius 3 is 2.08 bits per heavy atom. The molecule has 0 saturated heterocycles. The zero-order valence-electron chi connectivity index (χ0n) is 13.7. The lowest BCUT2D eigenvalue weighted by molar-refractivity contribution is 0.327. The predicted molar refractivity (Wildman–Crippen MR) is 86.5 cm³/mol. The van der Waals surface area contributed by atoms with Crippen molar-refractivity contribution in [2.24, 2.45) is 5.92 Å². The van der Waals surface area contributed by atoms with Crippen LogP contribution in [0.3, 0.4) is 0 Å². The third kappa shape index (κ3) is 4.19. The van der Waals surface area contributed by atoms with E-state index in [1.165, 1.54) is 12.1 Å². The van der Waals surface area contributed by atoms with Gasteiger partial charge < -0.3 is 4.42 Å². The topological polar surface area (TPSA) is 119 Å². The summed E-state index contributed by atoms with van der Waals surface area (Å²) in [4.78, 5) is 0.0987. The lowest BCUT2D eigenvalue weighted by Crippen LogP contribution is -2.32. The molecule has 0 aliphatic carbocycles. The maximum absolute atomic E-state index is 12.5. The quantitative estimate of drug-likeness (QED) is 0.814. The number of sulfone groups is 1. The van der Waals surface area contributed by atoms with Crippen LogP contribution < -0.4 is 4.72 Å². The summed E-state index contributed by atoms with van der Waals surface area (Å²) in [5.74, 6) is -0.334. The van der Waals surface area contributed by atoms with Gasteiger partial charge >= 0.3 is 5.22 Å². The van der Waals surface area contributed by atoms with E-state index in [2.05, 4.69) is 14.9 Å². The molecule has 1 aromatic carbocycles. The van der Waals surface area contributed by atoms with Gasteiger partial charge in [-0.3, -0.25) is 0 Å². The van der Waals surface area contributed by atoms with Crippen LogP contribution in [0, 0.1) is 12.8 Å². The smallest absolute Gasteiger partial charge is 0.335 e. The number of nitrogens with zero attached hydrogens (tertiary/aromatic N) is 2. The lowest BCUT2D eigenvalue weighted by atomic mass is 10.1. The molecule has 2 aromatic rings. The van der Waals surface area contributed by atoms with Gasteiger partial charge in [-0.2, -0.15) is 4.72 Å². The van der Waals surface area contributed by atoms with Crippen molar-refractivity contribution in [1.82, 2.24) is 14.9 Å².